The average Bonchev–Trinajstić information content (AvgIpc) is 2.61. The third-order valence-electron chi connectivity index (χ3n) is 4.27. The number of hydrogen-bond donors (Lipinski definition) is 1. The molecular formula is C21H25N3O3S. The summed E-state index contributed by atoms with van der Waals surface area (Å²) >= 11 is 0. The van der Waals surface area contributed by atoms with E-state index in [1.807, 2.05) is 30.3 Å². The number of nitriles is 1. The maximum atomic E-state index is 12.3. The van der Waals surface area contributed by atoms with Crippen molar-refractivity contribution in [3.63, 3.8) is 0 Å². The molecule has 0 aliphatic rings. The van der Waals surface area contributed by atoms with Gasteiger partial charge in [0.15, 0.2) is 0 Å². The molecular weight excluding hydrogens is 374 g/mol. The van der Waals surface area contributed by atoms with Crippen LogP contribution in [0.1, 0.15) is 38.3 Å². The van der Waals surface area contributed by atoms with Gasteiger partial charge in [-0.2, -0.15) is 5.26 Å². The summed E-state index contributed by atoms with van der Waals surface area (Å²) in [7, 11) is -3.64. The normalized spacial score (nSPS) is 11.5. The number of nitrogens with one attached hydrogen (secondary N) is 1. The molecule has 0 fully saturated rings. The van der Waals surface area contributed by atoms with Gasteiger partial charge in [0.05, 0.1) is 17.5 Å². The summed E-state index contributed by atoms with van der Waals surface area (Å²) in [4.78, 5) is 12.3. The molecule has 28 heavy (non-hydrogen) atoms. The standard InChI is InChI=1S/C21H25N3O3S/c1-21(2,3)17-9-11-18(12-10-17)23-20(25)13-14-24(28(4,26)27)19-8-6-5-7-16(19)15-22/h5-12H,13-14H2,1-4H3,(H,23,25). The number of para-hydroxylation sites is 1. The number of carbonyl (C=O) groups excluding carboxylic acids is 1. The van der Waals surface area contributed by atoms with Crippen LogP contribution in [0, 0.1) is 11.3 Å². The van der Waals surface area contributed by atoms with Gasteiger partial charge in [-0.15, -0.1) is 0 Å². The third kappa shape index (κ3) is 5.57. The molecule has 0 saturated heterocycles. The molecule has 0 heterocycles. The van der Waals surface area contributed by atoms with E-state index in [9.17, 15) is 18.5 Å². The van der Waals surface area contributed by atoms with Crippen molar-refractivity contribution in [1.82, 2.24) is 0 Å². The van der Waals surface area contributed by atoms with Crippen LogP contribution in [0.5, 0.6) is 0 Å². The van der Waals surface area contributed by atoms with E-state index in [2.05, 4.69) is 26.1 Å². The molecule has 2 aromatic carbocycles. The quantitative estimate of drug-likeness (QED) is 0.803. The first-order valence-corrected chi connectivity index (χ1v) is 10.7. The Morgan fingerprint density at radius 1 is 1.11 bits per heavy atom. The zero-order valence-corrected chi connectivity index (χ0v) is 17.4. The average molecular weight is 400 g/mol. The fourth-order valence-corrected chi connectivity index (χ4v) is 3.67. The number of sulfonamides is 1. The van der Waals surface area contributed by atoms with Gasteiger partial charge in [-0.25, -0.2) is 8.42 Å². The van der Waals surface area contributed by atoms with Crippen LogP contribution in [0.2, 0.25) is 0 Å². The Morgan fingerprint density at radius 2 is 1.71 bits per heavy atom. The Bertz CT molecular complexity index is 985. The van der Waals surface area contributed by atoms with Gasteiger partial charge in [-0.3, -0.25) is 9.10 Å². The van der Waals surface area contributed by atoms with Crippen LogP contribution >= 0.6 is 0 Å². The van der Waals surface area contributed by atoms with Gasteiger partial charge in [-0.1, -0.05) is 45.0 Å². The Labute approximate surface area is 166 Å². The zero-order chi connectivity index (χ0) is 20.9. The number of hydrogen-bond acceptors (Lipinski definition) is 4. The Morgan fingerprint density at radius 3 is 2.25 bits per heavy atom. The second-order valence-corrected chi connectivity index (χ2v) is 9.50. The predicted molar refractivity (Wildman–Crippen MR) is 112 cm³/mol. The first kappa shape index (κ1) is 21.5. The smallest absolute Gasteiger partial charge is 0.232 e. The van der Waals surface area contributed by atoms with Crippen LogP contribution in [0.3, 0.4) is 0 Å². The molecule has 6 nitrogen and oxygen atoms in total. The van der Waals surface area contributed by atoms with E-state index >= 15 is 0 Å². The van der Waals surface area contributed by atoms with Crippen molar-refractivity contribution in [3.05, 3.63) is 59.7 Å². The number of nitrogens with zero attached hydrogens (tertiary/aromatic N) is 2. The van der Waals surface area contributed by atoms with Crippen LogP contribution in [0.15, 0.2) is 48.5 Å². The fraction of sp³-hybridized carbons (Fsp3) is 0.333. The van der Waals surface area contributed by atoms with Crippen molar-refractivity contribution in [2.45, 2.75) is 32.6 Å². The summed E-state index contributed by atoms with van der Waals surface area (Å²) in [5, 5.41) is 12.0. The van der Waals surface area contributed by atoms with Crippen molar-refractivity contribution < 1.29 is 13.2 Å². The predicted octanol–water partition coefficient (Wildman–Crippen LogP) is 3.65. The monoisotopic (exact) mass is 399 g/mol. The lowest BCUT2D eigenvalue weighted by molar-refractivity contribution is -0.116. The maximum Gasteiger partial charge on any atom is 0.232 e. The Kier molecular flexibility index (Phi) is 6.47. The van der Waals surface area contributed by atoms with E-state index in [0.29, 0.717) is 5.69 Å². The summed E-state index contributed by atoms with van der Waals surface area (Å²) in [5.74, 6) is -0.299. The van der Waals surface area contributed by atoms with E-state index in [-0.39, 0.29) is 35.5 Å². The second kappa shape index (κ2) is 8.44. The highest BCUT2D eigenvalue weighted by Gasteiger charge is 2.21. The molecule has 0 aliphatic heterocycles. The minimum absolute atomic E-state index is 0.0205. The fourth-order valence-electron chi connectivity index (χ4n) is 2.73. The number of carbonyl (C=O) groups is 1. The van der Waals surface area contributed by atoms with Crippen LogP contribution < -0.4 is 9.62 Å². The molecule has 0 saturated carbocycles. The summed E-state index contributed by atoms with van der Waals surface area (Å²) in [6.07, 6.45) is 1.03. The van der Waals surface area contributed by atoms with Crippen LogP contribution in [-0.2, 0) is 20.2 Å². The van der Waals surface area contributed by atoms with Crippen LogP contribution in [0.25, 0.3) is 0 Å². The van der Waals surface area contributed by atoms with Gasteiger partial charge >= 0.3 is 0 Å². The highest BCUT2D eigenvalue weighted by Crippen LogP contribution is 2.24. The molecule has 0 atom stereocenters. The van der Waals surface area contributed by atoms with E-state index in [1.165, 1.54) is 0 Å². The van der Waals surface area contributed by atoms with Gasteiger partial charge < -0.3 is 5.32 Å². The molecule has 7 heteroatoms. The first-order valence-electron chi connectivity index (χ1n) is 8.89. The summed E-state index contributed by atoms with van der Waals surface area (Å²) in [6, 6.07) is 16.0. The molecule has 1 N–H and O–H groups in total. The lowest BCUT2D eigenvalue weighted by Crippen LogP contribution is -2.33. The molecule has 0 radical (unpaired) electrons. The van der Waals surface area contributed by atoms with E-state index < -0.39 is 10.0 Å². The van der Waals surface area contributed by atoms with Crippen molar-refractivity contribution >= 4 is 27.3 Å². The molecule has 148 valence electrons. The summed E-state index contributed by atoms with van der Waals surface area (Å²) in [5.41, 5.74) is 2.34. The second-order valence-electron chi connectivity index (χ2n) is 7.59. The Balaban J connectivity index is 2.09. The van der Waals surface area contributed by atoms with Gasteiger partial charge in [0.2, 0.25) is 15.9 Å². The van der Waals surface area contributed by atoms with Crippen LogP contribution in [-0.4, -0.2) is 27.1 Å². The van der Waals surface area contributed by atoms with Gasteiger partial charge in [-0.05, 0) is 35.2 Å². The highest BCUT2D eigenvalue weighted by molar-refractivity contribution is 7.92. The SMILES string of the molecule is CC(C)(C)c1ccc(NC(=O)CCN(c2ccccc2C#N)S(C)(=O)=O)cc1. The van der Waals surface area contributed by atoms with E-state index in [0.717, 1.165) is 16.1 Å². The van der Waals surface area contributed by atoms with Crippen molar-refractivity contribution in [3.8, 4) is 6.07 Å². The Hall–Kier alpha value is -2.85. The molecule has 0 unspecified atom stereocenters. The van der Waals surface area contributed by atoms with Crippen LogP contribution in [0.4, 0.5) is 11.4 Å². The summed E-state index contributed by atoms with van der Waals surface area (Å²) in [6.45, 7) is 6.28. The molecule has 0 spiro atoms. The summed E-state index contributed by atoms with van der Waals surface area (Å²) < 4.78 is 25.5. The molecule has 2 rings (SSSR count). The van der Waals surface area contributed by atoms with E-state index in [4.69, 9.17) is 0 Å². The third-order valence-corrected chi connectivity index (χ3v) is 5.45. The number of anilines is 2. The lowest BCUT2D eigenvalue weighted by Gasteiger charge is -2.23. The number of amides is 1. The highest BCUT2D eigenvalue weighted by atomic mass is 32.2. The molecule has 0 aromatic heterocycles. The van der Waals surface area contributed by atoms with Gasteiger partial charge in [0.1, 0.15) is 6.07 Å². The van der Waals surface area contributed by atoms with Crippen molar-refractivity contribution in [1.29, 1.82) is 5.26 Å². The number of benzene rings is 2. The van der Waals surface area contributed by atoms with Gasteiger partial charge in [0, 0.05) is 18.7 Å². The largest absolute Gasteiger partial charge is 0.326 e. The number of rotatable bonds is 6. The van der Waals surface area contributed by atoms with Crippen molar-refractivity contribution in [2.24, 2.45) is 0 Å². The van der Waals surface area contributed by atoms with E-state index in [1.54, 1.807) is 24.3 Å². The molecule has 0 aliphatic carbocycles. The van der Waals surface area contributed by atoms with Crippen molar-refractivity contribution in [2.75, 3.05) is 22.4 Å². The lowest BCUT2D eigenvalue weighted by atomic mass is 9.87. The molecule has 0 bridgehead atoms. The zero-order valence-electron chi connectivity index (χ0n) is 16.6. The molecule has 1 amide bonds. The maximum absolute atomic E-state index is 12.3. The minimum Gasteiger partial charge on any atom is -0.326 e. The molecule has 2 aromatic rings. The minimum atomic E-state index is -3.64. The topological polar surface area (TPSA) is 90.3 Å². The first-order chi connectivity index (χ1) is 13.0. The van der Waals surface area contributed by atoms with Gasteiger partial charge in [0.25, 0.3) is 0 Å².